The van der Waals surface area contributed by atoms with Crippen molar-refractivity contribution in [3.8, 4) is 0 Å². The predicted octanol–water partition coefficient (Wildman–Crippen LogP) is 1.65. The van der Waals surface area contributed by atoms with E-state index in [9.17, 15) is 14.7 Å². The van der Waals surface area contributed by atoms with Crippen LogP contribution < -0.4 is 0 Å². The van der Waals surface area contributed by atoms with Gasteiger partial charge in [0, 0.05) is 12.8 Å². The van der Waals surface area contributed by atoms with Gasteiger partial charge in [0.15, 0.2) is 0 Å². The van der Waals surface area contributed by atoms with E-state index in [1.54, 1.807) is 0 Å². The van der Waals surface area contributed by atoms with Crippen molar-refractivity contribution in [2.24, 2.45) is 0 Å². The average molecular weight is 247 g/mol. The monoisotopic (exact) mass is 247 g/mol. The van der Waals surface area contributed by atoms with Gasteiger partial charge >= 0.3 is 0 Å². The molecular formula is C14H17NO3. The maximum Gasteiger partial charge on any atom is 0.229 e. The summed E-state index contributed by atoms with van der Waals surface area (Å²) in [5.41, 5.74) is 0.795. The van der Waals surface area contributed by atoms with Gasteiger partial charge in [0.05, 0.1) is 12.6 Å². The Morgan fingerprint density at radius 2 is 1.61 bits per heavy atom. The average Bonchev–Trinajstić information content (AvgIpc) is 2.56. The minimum Gasteiger partial charge on any atom is -0.394 e. The Kier molecular flexibility index (Phi) is 4.10. The van der Waals surface area contributed by atoms with E-state index in [1.807, 2.05) is 30.3 Å². The summed E-state index contributed by atoms with van der Waals surface area (Å²) >= 11 is 0. The molecule has 1 fully saturated rings. The third-order valence-electron chi connectivity index (χ3n) is 3.24. The van der Waals surface area contributed by atoms with E-state index in [1.165, 1.54) is 4.90 Å². The molecule has 1 aromatic rings. The van der Waals surface area contributed by atoms with Crippen LogP contribution in [0.1, 0.15) is 37.3 Å². The largest absolute Gasteiger partial charge is 0.394 e. The highest BCUT2D eigenvalue weighted by Crippen LogP contribution is 2.25. The first-order valence-corrected chi connectivity index (χ1v) is 6.24. The van der Waals surface area contributed by atoms with Crippen molar-refractivity contribution >= 4 is 11.8 Å². The van der Waals surface area contributed by atoms with Gasteiger partial charge in [0.2, 0.25) is 11.8 Å². The number of imide groups is 1. The normalized spacial score (nSPS) is 18.6. The molecule has 1 unspecified atom stereocenters. The van der Waals surface area contributed by atoms with Crippen molar-refractivity contribution in [2.45, 2.75) is 31.7 Å². The third kappa shape index (κ3) is 2.59. The highest BCUT2D eigenvalue weighted by molar-refractivity contribution is 5.96. The summed E-state index contributed by atoms with van der Waals surface area (Å²) in [5, 5.41) is 9.51. The molecule has 0 spiro atoms. The number of nitrogens with zero attached hydrogens (tertiary/aromatic N) is 1. The number of carbonyl (C=O) groups is 2. The minimum atomic E-state index is -0.552. The first-order valence-electron chi connectivity index (χ1n) is 6.24. The molecule has 0 saturated carbocycles. The van der Waals surface area contributed by atoms with Gasteiger partial charge in [-0.2, -0.15) is 0 Å². The second-order valence-corrected chi connectivity index (χ2v) is 4.47. The Morgan fingerprint density at radius 3 is 2.11 bits per heavy atom. The van der Waals surface area contributed by atoms with Crippen molar-refractivity contribution in [1.82, 2.24) is 4.90 Å². The lowest BCUT2D eigenvalue weighted by atomic mass is 10.1. The molecule has 2 rings (SSSR count). The minimum absolute atomic E-state index is 0.180. The Bertz CT molecular complexity index is 412. The van der Waals surface area contributed by atoms with E-state index in [2.05, 4.69) is 0 Å². The quantitative estimate of drug-likeness (QED) is 0.826. The maximum atomic E-state index is 12.0. The summed E-state index contributed by atoms with van der Waals surface area (Å²) in [5.74, 6) is -0.360. The summed E-state index contributed by atoms with van der Waals surface area (Å²) in [7, 11) is 0. The number of carbonyl (C=O) groups excluding carboxylic acids is 2. The summed E-state index contributed by atoms with van der Waals surface area (Å²) in [6.45, 7) is -0.235. The van der Waals surface area contributed by atoms with E-state index in [0.717, 1.165) is 18.4 Å². The summed E-state index contributed by atoms with van der Waals surface area (Å²) < 4.78 is 0. The Hall–Kier alpha value is -1.68. The zero-order valence-electron chi connectivity index (χ0n) is 10.2. The van der Waals surface area contributed by atoms with E-state index < -0.39 is 6.04 Å². The van der Waals surface area contributed by atoms with E-state index in [0.29, 0.717) is 12.8 Å². The molecule has 2 amide bonds. The Labute approximate surface area is 106 Å². The van der Waals surface area contributed by atoms with Gasteiger partial charge < -0.3 is 5.11 Å². The summed E-state index contributed by atoms with van der Waals surface area (Å²) in [6.07, 6.45) is 2.26. The van der Waals surface area contributed by atoms with Gasteiger partial charge in [-0.05, 0) is 18.4 Å². The van der Waals surface area contributed by atoms with Crippen molar-refractivity contribution in [2.75, 3.05) is 6.61 Å². The topological polar surface area (TPSA) is 57.6 Å². The van der Waals surface area contributed by atoms with E-state index in [4.69, 9.17) is 0 Å². The van der Waals surface area contributed by atoms with Crippen LogP contribution >= 0.6 is 0 Å². The van der Waals surface area contributed by atoms with Gasteiger partial charge in [-0.15, -0.1) is 0 Å². The van der Waals surface area contributed by atoms with Crippen LogP contribution in [0.25, 0.3) is 0 Å². The molecule has 0 radical (unpaired) electrons. The standard InChI is InChI=1S/C14H17NO3/c16-10-12(11-6-2-1-3-7-11)15-13(17)8-4-5-9-14(15)18/h1-3,6-7,12,16H,4-5,8-10H2. The summed E-state index contributed by atoms with van der Waals surface area (Å²) in [4.78, 5) is 25.2. The molecule has 4 nitrogen and oxygen atoms in total. The number of hydrogen-bond donors (Lipinski definition) is 1. The van der Waals surface area contributed by atoms with Crippen LogP contribution in [-0.4, -0.2) is 28.4 Å². The van der Waals surface area contributed by atoms with Crippen LogP contribution in [0, 0.1) is 0 Å². The number of likely N-dealkylation sites (tertiary alicyclic amines) is 1. The molecule has 4 heteroatoms. The summed E-state index contributed by atoms with van der Waals surface area (Å²) in [6, 6.07) is 8.64. The van der Waals surface area contributed by atoms with Crippen LogP contribution in [-0.2, 0) is 9.59 Å². The second kappa shape index (κ2) is 5.78. The number of rotatable bonds is 3. The van der Waals surface area contributed by atoms with Gasteiger partial charge in [0.1, 0.15) is 0 Å². The van der Waals surface area contributed by atoms with Crippen LogP contribution in [0.3, 0.4) is 0 Å². The Balaban J connectivity index is 2.30. The van der Waals surface area contributed by atoms with E-state index >= 15 is 0 Å². The molecule has 0 aromatic heterocycles. The molecule has 0 bridgehead atoms. The molecule has 1 heterocycles. The lowest BCUT2D eigenvalue weighted by Gasteiger charge is -2.28. The fourth-order valence-corrected chi connectivity index (χ4v) is 2.29. The van der Waals surface area contributed by atoms with Crippen LogP contribution in [0.15, 0.2) is 30.3 Å². The highest BCUT2D eigenvalue weighted by atomic mass is 16.3. The van der Waals surface area contributed by atoms with Crippen LogP contribution in [0.4, 0.5) is 0 Å². The van der Waals surface area contributed by atoms with Gasteiger partial charge in [-0.1, -0.05) is 30.3 Å². The van der Waals surface area contributed by atoms with E-state index in [-0.39, 0.29) is 18.4 Å². The first kappa shape index (κ1) is 12.8. The Morgan fingerprint density at radius 1 is 1.06 bits per heavy atom. The molecule has 0 aliphatic carbocycles. The third-order valence-corrected chi connectivity index (χ3v) is 3.24. The SMILES string of the molecule is O=C1CCCCC(=O)N1C(CO)c1ccccc1. The molecule has 1 saturated heterocycles. The van der Waals surface area contributed by atoms with Gasteiger partial charge in [0.25, 0.3) is 0 Å². The fourth-order valence-electron chi connectivity index (χ4n) is 2.29. The van der Waals surface area contributed by atoms with Gasteiger partial charge in [-0.3, -0.25) is 14.5 Å². The number of amides is 2. The molecule has 96 valence electrons. The number of benzene rings is 1. The van der Waals surface area contributed by atoms with Crippen LogP contribution in [0.2, 0.25) is 0 Å². The number of aliphatic hydroxyl groups excluding tert-OH is 1. The van der Waals surface area contributed by atoms with Crippen molar-refractivity contribution < 1.29 is 14.7 Å². The van der Waals surface area contributed by atoms with Crippen molar-refractivity contribution in [3.05, 3.63) is 35.9 Å². The van der Waals surface area contributed by atoms with Crippen molar-refractivity contribution in [1.29, 1.82) is 0 Å². The number of aliphatic hydroxyl groups is 1. The van der Waals surface area contributed by atoms with Gasteiger partial charge in [-0.25, -0.2) is 0 Å². The molecule has 1 aliphatic rings. The number of hydrogen-bond acceptors (Lipinski definition) is 3. The molecule has 18 heavy (non-hydrogen) atoms. The predicted molar refractivity (Wildman–Crippen MR) is 66.6 cm³/mol. The van der Waals surface area contributed by atoms with Crippen LogP contribution in [0.5, 0.6) is 0 Å². The fraction of sp³-hybridized carbons (Fsp3) is 0.429. The lowest BCUT2D eigenvalue weighted by Crippen LogP contribution is -2.40. The maximum absolute atomic E-state index is 12.0. The smallest absolute Gasteiger partial charge is 0.229 e. The molecule has 1 aromatic carbocycles. The highest BCUT2D eigenvalue weighted by Gasteiger charge is 2.31. The lowest BCUT2D eigenvalue weighted by molar-refractivity contribution is -0.147. The zero-order valence-corrected chi connectivity index (χ0v) is 10.2. The molecule has 1 N–H and O–H groups in total. The molecular weight excluding hydrogens is 230 g/mol. The molecule has 1 atom stereocenters. The second-order valence-electron chi connectivity index (χ2n) is 4.47. The first-order chi connectivity index (χ1) is 8.74. The zero-order chi connectivity index (χ0) is 13.0. The van der Waals surface area contributed by atoms with Crippen molar-refractivity contribution in [3.63, 3.8) is 0 Å². The molecule has 1 aliphatic heterocycles.